The molecule has 1 amide bonds. The number of thiazole rings is 1. The van der Waals surface area contributed by atoms with Crippen molar-refractivity contribution in [1.29, 1.82) is 0 Å². The highest BCUT2D eigenvalue weighted by molar-refractivity contribution is 7.91. The van der Waals surface area contributed by atoms with Gasteiger partial charge in [-0.05, 0) is 51.3 Å². The summed E-state index contributed by atoms with van der Waals surface area (Å²) in [6, 6.07) is 10.4. The van der Waals surface area contributed by atoms with E-state index in [2.05, 4.69) is 4.98 Å². The van der Waals surface area contributed by atoms with Crippen molar-refractivity contribution in [3.63, 3.8) is 0 Å². The van der Waals surface area contributed by atoms with Gasteiger partial charge in [-0.25, -0.2) is 13.4 Å². The lowest BCUT2D eigenvalue weighted by Gasteiger charge is -2.21. The zero-order valence-electron chi connectivity index (χ0n) is 18.0. The average molecular weight is 477 g/mol. The number of aromatic nitrogens is 1. The van der Waals surface area contributed by atoms with Crippen LogP contribution in [0.25, 0.3) is 10.2 Å². The van der Waals surface area contributed by atoms with E-state index in [-0.39, 0.29) is 27.8 Å². The van der Waals surface area contributed by atoms with Crippen LogP contribution in [-0.2, 0) is 9.84 Å². The minimum atomic E-state index is -3.46. The van der Waals surface area contributed by atoms with Crippen LogP contribution in [0.1, 0.15) is 23.7 Å². The van der Waals surface area contributed by atoms with Crippen LogP contribution in [0.5, 0.6) is 0 Å². The molecule has 1 aromatic heterocycles. The van der Waals surface area contributed by atoms with Crippen molar-refractivity contribution in [3.05, 3.63) is 58.1 Å². The van der Waals surface area contributed by atoms with Crippen molar-refractivity contribution in [3.8, 4) is 0 Å². The molecule has 11 heteroatoms. The maximum Gasteiger partial charge on any atom is 0.270 e. The number of sulfone groups is 1. The SMILES string of the molecule is CCS(=O)(=O)c1cccc(C(=O)N(CCCN(C)C)c2nc3ccc([N+](=O)[O-])cc3s2)c1. The first-order chi connectivity index (χ1) is 15.1. The highest BCUT2D eigenvalue weighted by atomic mass is 32.2. The van der Waals surface area contributed by atoms with E-state index in [4.69, 9.17) is 0 Å². The summed E-state index contributed by atoms with van der Waals surface area (Å²) in [6.07, 6.45) is 0.668. The summed E-state index contributed by atoms with van der Waals surface area (Å²) in [7, 11) is 0.405. The van der Waals surface area contributed by atoms with Crippen LogP contribution < -0.4 is 4.90 Å². The van der Waals surface area contributed by atoms with Crippen LogP contribution in [0.2, 0.25) is 0 Å². The molecule has 0 aliphatic heterocycles. The van der Waals surface area contributed by atoms with Crippen molar-refractivity contribution in [2.75, 3.05) is 37.8 Å². The molecule has 0 radical (unpaired) electrons. The standard InChI is InChI=1S/C21H24N4O5S2/c1-4-32(29,30)17-8-5-7-15(13-17)20(26)24(12-6-11-23(2)3)21-22-18-10-9-16(25(27)28)14-19(18)31-21/h5,7-10,13-14H,4,6,11-12H2,1-3H3. The molecular formula is C21H24N4O5S2. The Kier molecular flexibility index (Phi) is 7.22. The van der Waals surface area contributed by atoms with Gasteiger partial charge in [0.05, 0.1) is 25.8 Å². The number of anilines is 1. The van der Waals surface area contributed by atoms with Gasteiger partial charge in [0.2, 0.25) is 0 Å². The second-order valence-corrected chi connectivity index (χ2v) is 10.7. The zero-order chi connectivity index (χ0) is 23.5. The number of hydrogen-bond donors (Lipinski definition) is 0. The number of hydrogen-bond acceptors (Lipinski definition) is 8. The molecule has 9 nitrogen and oxygen atoms in total. The third-order valence-electron chi connectivity index (χ3n) is 4.85. The van der Waals surface area contributed by atoms with E-state index >= 15 is 0 Å². The maximum absolute atomic E-state index is 13.4. The largest absolute Gasteiger partial charge is 0.309 e. The summed E-state index contributed by atoms with van der Waals surface area (Å²) in [5.74, 6) is -0.432. The van der Waals surface area contributed by atoms with E-state index < -0.39 is 14.8 Å². The van der Waals surface area contributed by atoms with Gasteiger partial charge in [0, 0.05) is 24.2 Å². The minimum Gasteiger partial charge on any atom is -0.309 e. The summed E-state index contributed by atoms with van der Waals surface area (Å²) in [4.78, 5) is 32.2. The van der Waals surface area contributed by atoms with Gasteiger partial charge in [0.1, 0.15) is 0 Å². The Morgan fingerprint density at radius 1 is 1.16 bits per heavy atom. The molecular weight excluding hydrogens is 452 g/mol. The molecule has 3 rings (SSSR count). The summed E-state index contributed by atoms with van der Waals surface area (Å²) in [5, 5.41) is 11.5. The van der Waals surface area contributed by atoms with Crippen molar-refractivity contribution in [2.45, 2.75) is 18.2 Å². The van der Waals surface area contributed by atoms with Gasteiger partial charge in [-0.2, -0.15) is 0 Å². The summed E-state index contributed by atoms with van der Waals surface area (Å²) in [5.41, 5.74) is 0.758. The molecule has 0 saturated heterocycles. The molecule has 0 aliphatic rings. The predicted molar refractivity (Wildman–Crippen MR) is 125 cm³/mol. The summed E-state index contributed by atoms with van der Waals surface area (Å²) in [6.45, 7) is 2.66. The molecule has 32 heavy (non-hydrogen) atoms. The van der Waals surface area contributed by atoms with E-state index in [1.165, 1.54) is 40.5 Å². The van der Waals surface area contributed by atoms with E-state index in [9.17, 15) is 23.3 Å². The number of carbonyl (C=O) groups excluding carboxylic acids is 1. The molecule has 0 N–H and O–H groups in total. The molecule has 0 unspecified atom stereocenters. The lowest BCUT2D eigenvalue weighted by atomic mass is 10.2. The first kappa shape index (κ1) is 23.8. The molecule has 0 fully saturated rings. The van der Waals surface area contributed by atoms with E-state index in [1.807, 2.05) is 19.0 Å². The van der Waals surface area contributed by atoms with Gasteiger partial charge in [0.15, 0.2) is 15.0 Å². The molecule has 0 bridgehead atoms. The van der Waals surface area contributed by atoms with Crippen molar-refractivity contribution >= 4 is 48.1 Å². The third-order valence-corrected chi connectivity index (χ3v) is 7.63. The fourth-order valence-electron chi connectivity index (χ4n) is 3.10. The third kappa shape index (κ3) is 5.29. The molecule has 2 aromatic carbocycles. The summed E-state index contributed by atoms with van der Waals surface area (Å²) < 4.78 is 25.1. The average Bonchev–Trinajstić information content (AvgIpc) is 3.19. The molecule has 0 atom stereocenters. The molecule has 3 aromatic rings. The number of nitrogens with zero attached hydrogens (tertiary/aromatic N) is 4. The Labute approximate surface area is 190 Å². The number of rotatable bonds is 9. The number of fused-ring (bicyclic) bond motifs is 1. The van der Waals surface area contributed by atoms with Crippen molar-refractivity contribution in [1.82, 2.24) is 9.88 Å². The topological polar surface area (TPSA) is 114 Å². The smallest absolute Gasteiger partial charge is 0.270 e. The Balaban J connectivity index is 2.01. The summed E-state index contributed by atoms with van der Waals surface area (Å²) >= 11 is 1.19. The van der Waals surface area contributed by atoms with Crippen LogP contribution in [0.15, 0.2) is 47.4 Å². The van der Waals surface area contributed by atoms with Gasteiger partial charge in [0.25, 0.3) is 11.6 Å². The number of nitro benzene ring substituents is 1. The second kappa shape index (κ2) is 9.72. The maximum atomic E-state index is 13.4. The van der Waals surface area contributed by atoms with Crippen LogP contribution in [0.3, 0.4) is 0 Å². The zero-order valence-corrected chi connectivity index (χ0v) is 19.6. The van der Waals surface area contributed by atoms with E-state index in [0.29, 0.717) is 28.3 Å². The van der Waals surface area contributed by atoms with E-state index in [1.54, 1.807) is 25.1 Å². The quantitative estimate of drug-likeness (QED) is 0.342. The van der Waals surface area contributed by atoms with Gasteiger partial charge in [-0.1, -0.05) is 24.3 Å². The predicted octanol–water partition coefficient (Wildman–Crippen LogP) is 3.60. The molecule has 0 aliphatic carbocycles. The lowest BCUT2D eigenvalue weighted by Crippen LogP contribution is -2.33. The fraction of sp³-hybridized carbons (Fsp3) is 0.333. The highest BCUT2D eigenvalue weighted by Gasteiger charge is 2.23. The van der Waals surface area contributed by atoms with E-state index in [0.717, 1.165) is 6.54 Å². The number of non-ortho nitro benzene ring substituents is 1. The van der Waals surface area contributed by atoms with Gasteiger partial charge >= 0.3 is 0 Å². The van der Waals surface area contributed by atoms with Crippen LogP contribution in [0, 0.1) is 10.1 Å². The normalized spacial score (nSPS) is 11.8. The first-order valence-electron chi connectivity index (χ1n) is 9.97. The number of nitro groups is 1. The van der Waals surface area contributed by atoms with Gasteiger partial charge in [-0.3, -0.25) is 19.8 Å². The first-order valence-corrected chi connectivity index (χ1v) is 12.4. The molecule has 1 heterocycles. The molecule has 0 spiro atoms. The Bertz CT molecular complexity index is 1250. The van der Waals surface area contributed by atoms with Crippen LogP contribution in [-0.4, -0.2) is 62.1 Å². The Morgan fingerprint density at radius 2 is 1.91 bits per heavy atom. The van der Waals surface area contributed by atoms with Gasteiger partial charge < -0.3 is 4.90 Å². The Morgan fingerprint density at radius 3 is 2.56 bits per heavy atom. The van der Waals surface area contributed by atoms with Crippen molar-refractivity contribution < 1.29 is 18.1 Å². The molecule has 170 valence electrons. The minimum absolute atomic E-state index is 0.0457. The lowest BCUT2D eigenvalue weighted by molar-refractivity contribution is -0.384. The number of benzene rings is 2. The van der Waals surface area contributed by atoms with Crippen LogP contribution >= 0.6 is 11.3 Å². The number of amides is 1. The van der Waals surface area contributed by atoms with Crippen molar-refractivity contribution in [2.24, 2.45) is 0 Å². The number of carbonyl (C=O) groups is 1. The second-order valence-electron chi connectivity index (χ2n) is 7.45. The van der Waals surface area contributed by atoms with Crippen LogP contribution in [0.4, 0.5) is 10.8 Å². The highest BCUT2D eigenvalue weighted by Crippen LogP contribution is 2.32. The van der Waals surface area contributed by atoms with Gasteiger partial charge in [-0.15, -0.1) is 0 Å². The molecule has 0 saturated carbocycles. The fourth-order valence-corrected chi connectivity index (χ4v) is 5.05. The Hall–Kier alpha value is -2.89. The monoisotopic (exact) mass is 476 g/mol.